The van der Waals surface area contributed by atoms with Gasteiger partial charge in [-0.05, 0) is 30.7 Å². The van der Waals surface area contributed by atoms with Gasteiger partial charge in [-0.25, -0.2) is 0 Å². The molecule has 1 unspecified atom stereocenters. The molecule has 2 N–H and O–H groups in total. The number of nitrogens with zero attached hydrogens (tertiary/aromatic N) is 2. The van der Waals surface area contributed by atoms with E-state index < -0.39 is 5.60 Å². The van der Waals surface area contributed by atoms with Crippen LogP contribution in [0.5, 0.6) is 0 Å². The highest BCUT2D eigenvalue weighted by atomic mass is 35.5. The smallest absolute Gasteiger partial charge is 0.244 e. The van der Waals surface area contributed by atoms with Gasteiger partial charge in [-0.1, -0.05) is 23.7 Å². The second kappa shape index (κ2) is 6.77. The number of rotatable bonds is 5. The summed E-state index contributed by atoms with van der Waals surface area (Å²) in [6.45, 7) is 1.73. The summed E-state index contributed by atoms with van der Waals surface area (Å²) < 4.78 is 1.60. The fourth-order valence-electron chi connectivity index (χ4n) is 1.87. The number of amides is 1. The van der Waals surface area contributed by atoms with E-state index in [1.807, 2.05) is 12.1 Å². The van der Waals surface area contributed by atoms with E-state index in [9.17, 15) is 9.90 Å². The standard InChI is InChI=1S/C16H18ClN3O2/c1-16(22,13-9-19-20(2)10-13)11-18-15(21)8-5-12-3-6-14(17)7-4-12/h3-10,22H,11H2,1-2H3,(H,18,21)/b8-5+. The Hall–Kier alpha value is -2.11. The second-order valence-corrected chi connectivity index (χ2v) is 5.72. The van der Waals surface area contributed by atoms with Crippen molar-refractivity contribution in [3.05, 3.63) is 58.9 Å². The molecule has 0 saturated carbocycles. The molecule has 1 heterocycles. The second-order valence-electron chi connectivity index (χ2n) is 5.28. The average Bonchev–Trinajstić information content (AvgIpc) is 2.92. The van der Waals surface area contributed by atoms with E-state index >= 15 is 0 Å². The van der Waals surface area contributed by atoms with Crippen molar-refractivity contribution in [3.8, 4) is 0 Å². The van der Waals surface area contributed by atoms with Crippen LogP contribution in [0.2, 0.25) is 5.02 Å². The van der Waals surface area contributed by atoms with Crippen molar-refractivity contribution in [1.29, 1.82) is 0 Å². The SMILES string of the molecule is Cn1cc(C(C)(O)CNC(=O)/C=C/c2ccc(Cl)cc2)cn1. The van der Waals surface area contributed by atoms with Crippen LogP contribution in [0.4, 0.5) is 0 Å². The van der Waals surface area contributed by atoms with Crippen LogP contribution in [0.15, 0.2) is 42.7 Å². The zero-order valence-corrected chi connectivity index (χ0v) is 13.2. The van der Waals surface area contributed by atoms with Crippen molar-refractivity contribution < 1.29 is 9.90 Å². The maximum atomic E-state index is 11.8. The molecule has 2 rings (SSSR count). The topological polar surface area (TPSA) is 67.2 Å². The lowest BCUT2D eigenvalue weighted by Gasteiger charge is -2.21. The number of carbonyl (C=O) groups is 1. The van der Waals surface area contributed by atoms with E-state index in [1.54, 1.807) is 49.3 Å². The number of aryl methyl sites for hydroxylation is 1. The molecule has 1 atom stereocenters. The first kappa shape index (κ1) is 16.3. The summed E-state index contributed by atoms with van der Waals surface area (Å²) in [6.07, 6.45) is 6.40. The van der Waals surface area contributed by atoms with E-state index in [0.29, 0.717) is 10.6 Å². The number of aliphatic hydroxyl groups is 1. The van der Waals surface area contributed by atoms with Gasteiger partial charge in [0.05, 0.1) is 12.7 Å². The molecule has 0 radical (unpaired) electrons. The molecular formula is C16H18ClN3O2. The molecule has 1 aromatic carbocycles. The highest BCUT2D eigenvalue weighted by molar-refractivity contribution is 6.30. The molecule has 0 aliphatic rings. The molecule has 0 bridgehead atoms. The van der Waals surface area contributed by atoms with Gasteiger partial charge in [0, 0.05) is 29.9 Å². The summed E-state index contributed by atoms with van der Waals surface area (Å²) in [5.41, 5.74) is 0.355. The van der Waals surface area contributed by atoms with E-state index in [1.165, 1.54) is 6.08 Å². The Labute approximate surface area is 134 Å². The molecule has 0 aliphatic heterocycles. The van der Waals surface area contributed by atoms with Gasteiger partial charge in [0.2, 0.25) is 5.91 Å². The summed E-state index contributed by atoms with van der Waals surface area (Å²) in [7, 11) is 1.77. The third-order valence-electron chi connectivity index (χ3n) is 3.23. The molecule has 116 valence electrons. The Balaban J connectivity index is 1.91. The van der Waals surface area contributed by atoms with Crippen LogP contribution in [0.3, 0.4) is 0 Å². The minimum Gasteiger partial charge on any atom is -0.383 e. The minimum absolute atomic E-state index is 0.0997. The largest absolute Gasteiger partial charge is 0.383 e. The van der Waals surface area contributed by atoms with Gasteiger partial charge < -0.3 is 10.4 Å². The summed E-state index contributed by atoms with van der Waals surface area (Å²) in [6, 6.07) is 7.15. The van der Waals surface area contributed by atoms with E-state index in [4.69, 9.17) is 11.6 Å². The molecule has 6 heteroatoms. The molecule has 0 aliphatic carbocycles. The summed E-state index contributed by atoms with van der Waals surface area (Å²) in [5.74, 6) is -0.279. The Bertz CT molecular complexity index is 675. The van der Waals surface area contributed by atoms with Crippen LogP contribution in [0, 0.1) is 0 Å². The lowest BCUT2D eigenvalue weighted by atomic mass is 10.00. The number of carbonyl (C=O) groups excluding carboxylic acids is 1. The maximum Gasteiger partial charge on any atom is 0.244 e. The number of hydrogen-bond acceptors (Lipinski definition) is 3. The van der Waals surface area contributed by atoms with Crippen molar-refractivity contribution >= 4 is 23.6 Å². The van der Waals surface area contributed by atoms with E-state index in [-0.39, 0.29) is 12.5 Å². The quantitative estimate of drug-likeness (QED) is 0.829. The first-order chi connectivity index (χ1) is 10.4. The van der Waals surface area contributed by atoms with Crippen LogP contribution < -0.4 is 5.32 Å². The lowest BCUT2D eigenvalue weighted by molar-refractivity contribution is -0.117. The van der Waals surface area contributed by atoms with Gasteiger partial charge in [0.25, 0.3) is 0 Å². The molecule has 0 fully saturated rings. The molecule has 0 saturated heterocycles. The Kier molecular flexibility index (Phi) is 5.00. The highest BCUT2D eigenvalue weighted by Gasteiger charge is 2.24. The molecule has 0 spiro atoms. The van der Waals surface area contributed by atoms with Crippen molar-refractivity contribution in [3.63, 3.8) is 0 Å². The fourth-order valence-corrected chi connectivity index (χ4v) is 1.99. The third kappa shape index (κ3) is 4.44. The Morgan fingerprint density at radius 3 is 2.73 bits per heavy atom. The van der Waals surface area contributed by atoms with Gasteiger partial charge in [-0.2, -0.15) is 5.10 Å². The molecular weight excluding hydrogens is 302 g/mol. The van der Waals surface area contributed by atoms with E-state index in [2.05, 4.69) is 10.4 Å². The zero-order chi connectivity index (χ0) is 16.2. The number of halogens is 1. The highest BCUT2D eigenvalue weighted by Crippen LogP contribution is 2.18. The number of hydrogen-bond donors (Lipinski definition) is 2. The average molecular weight is 320 g/mol. The summed E-state index contributed by atoms with van der Waals surface area (Å²) in [4.78, 5) is 11.8. The number of nitrogens with one attached hydrogen (secondary N) is 1. The van der Waals surface area contributed by atoms with Gasteiger partial charge in [0.15, 0.2) is 0 Å². The van der Waals surface area contributed by atoms with Crippen LogP contribution in [0.1, 0.15) is 18.1 Å². The normalized spacial score (nSPS) is 14.0. The molecule has 5 nitrogen and oxygen atoms in total. The maximum absolute atomic E-state index is 11.8. The zero-order valence-electron chi connectivity index (χ0n) is 12.5. The molecule has 1 amide bonds. The van der Waals surface area contributed by atoms with Crippen LogP contribution in [-0.4, -0.2) is 27.3 Å². The number of benzene rings is 1. The first-order valence-corrected chi connectivity index (χ1v) is 7.17. The van der Waals surface area contributed by atoms with Crippen molar-refractivity contribution in [2.24, 2.45) is 7.05 Å². The van der Waals surface area contributed by atoms with E-state index in [0.717, 1.165) is 5.56 Å². The van der Waals surface area contributed by atoms with Crippen molar-refractivity contribution in [2.45, 2.75) is 12.5 Å². The molecule has 1 aromatic heterocycles. The summed E-state index contributed by atoms with van der Waals surface area (Å²) >= 11 is 5.80. The fraction of sp³-hybridized carbons (Fsp3) is 0.250. The lowest BCUT2D eigenvalue weighted by Crippen LogP contribution is -2.37. The van der Waals surface area contributed by atoms with Crippen LogP contribution in [0.25, 0.3) is 6.08 Å². The van der Waals surface area contributed by atoms with Crippen LogP contribution in [-0.2, 0) is 17.4 Å². The number of aromatic nitrogens is 2. The Morgan fingerprint density at radius 2 is 2.14 bits per heavy atom. The van der Waals surface area contributed by atoms with Crippen molar-refractivity contribution in [1.82, 2.24) is 15.1 Å². The summed E-state index contributed by atoms with van der Waals surface area (Å²) in [5, 5.41) is 17.7. The van der Waals surface area contributed by atoms with Gasteiger partial charge in [0.1, 0.15) is 5.60 Å². The van der Waals surface area contributed by atoms with Crippen molar-refractivity contribution in [2.75, 3.05) is 6.54 Å². The first-order valence-electron chi connectivity index (χ1n) is 6.80. The molecule has 2 aromatic rings. The van der Waals surface area contributed by atoms with Gasteiger partial charge >= 0.3 is 0 Å². The predicted octanol–water partition coefficient (Wildman–Crippen LogP) is 2.11. The van der Waals surface area contributed by atoms with Gasteiger partial charge in [-0.15, -0.1) is 0 Å². The predicted molar refractivity (Wildman–Crippen MR) is 86.3 cm³/mol. The Morgan fingerprint density at radius 1 is 1.45 bits per heavy atom. The monoisotopic (exact) mass is 319 g/mol. The van der Waals surface area contributed by atoms with Crippen LogP contribution >= 0.6 is 11.6 Å². The minimum atomic E-state index is -1.17. The van der Waals surface area contributed by atoms with Gasteiger partial charge in [-0.3, -0.25) is 9.48 Å². The molecule has 22 heavy (non-hydrogen) atoms. The third-order valence-corrected chi connectivity index (χ3v) is 3.48.